The maximum atomic E-state index is 12.2. The predicted octanol–water partition coefficient (Wildman–Crippen LogP) is 1.19. The van der Waals surface area contributed by atoms with Crippen molar-refractivity contribution >= 4 is 30.1 Å². The van der Waals surface area contributed by atoms with E-state index in [2.05, 4.69) is 11.6 Å². The van der Waals surface area contributed by atoms with Gasteiger partial charge in [0, 0.05) is 37.7 Å². The number of hydrogen-bond acceptors (Lipinski definition) is 5. The monoisotopic (exact) mass is 338 g/mol. The third-order valence-corrected chi connectivity index (χ3v) is 5.92. The standard InChI is InChI=1S/C14H26N2O3S.ClH/c1-20-14(4-8-19-9-5-14)10-16-13(17)12(15)11-2-6-18-7-3-11;/h11-12H,2-10,15H2,1H3,(H,16,17);1H. The van der Waals surface area contributed by atoms with Gasteiger partial charge in [-0.1, -0.05) is 0 Å². The zero-order valence-electron chi connectivity index (χ0n) is 12.6. The van der Waals surface area contributed by atoms with Crippen molar-refractivity contribution in [2.45, 2.75) is 36.5 Å². The highest BCUT2D eigenvalue weighted by Crippen LogP contribution is 2.33. The van der Waals surface area contributed by atoms with Crippen molar-refractivity contribution in [3.8, 4) is 0 Å². The molecule has 0 aliphatic carbocycles. The number of ether oxygens (including phenoxy) is 2. The number of amides is 1. The third-order valence-electron chi connectivity index (χ3n) is 4.50. The van der Waals surface area contributed by atoms with Crippen LogP contribution < -0.4 is 11.1 Å². The zero-order chi connectivity index (χ0) is 14.4. The first-order valence-corrected chi connectivity index (χ1v) is 8.63. The first kappa shape index (κ1) is 19.0. The van der Waals surface area contributed by atoms with Gasteiger partial charge in [-0.05, 0) is 37.9 Å². The van der Waals surface area contributed by atoms with E-state index in [1.165, 1.54) is 0 Å². The Morgan fingerprint density at radius 1 is 1.29 bits per heavy atom. The quantitative estimate of drug-likeness (QED) is 0.787. The Kier molecular flexibility index (Phi) is 8.34. The summed E-state index contributed by atoms with van der Waals surface area (Å²) in [6.07, 6.45) is 5.85. The molecule has 3 N–H and O–H groups in total. The van der Waals surface area contributed by atoms with Crippen LogP contribution in [0.2, 0.25) is 0 Å². The van der Waals surface area contributed by atoms with Crippen molar-refractivity contribution in [3.05, 3.63) is 0 Å². The van der Waals surface area contributed by atoms with Crippen LogP contribution in [-0.4, -0.2) is 55.9 Å². The van der Waals surface area contributed by atoms with Gasteiger partial charge in [0.2, 0.25) is 5.91 Å². The minimum atomic E-state index is -0.405. The summed E-state index contributed by atoms with van der Waals surface area (Å²) in [4.78, 5) is 12.2. The average Bonchev–Trinajstić information content (AvgIpc) is 2.53. The molecule has 21 heavy (non-hydrogen) atoms. The number of carbonyl (C=O) groups is 1. The first-order valence-electron chi connectivity index (χ1n) is 7.41. The molecule has 1 atom stereocenters. The second-order valence-electron chi connectivity index (χ2n) is 5.69. The fourth-order valence-electron chi connectivity index (χ4n) is 2.85. The van der Waals surface area contributed by atoms with E-state index in [9.17, 15) is 4.79 Å². The summed E-state index contributed by atoms with van der Waals surface area (Å²) in [7, 11) is 0. The lowest BCUT2D eigenvalue weighted by Crippen LogP contribution is -2.51. The Labute approximate surface area is 137 Å². The van der Waals surface area contributed by atoms with Crippen LogP contribution in [0.25, 0.3) is 0 Å². The van der Waals surface area contributed by atoms with Gasteiger partial charge in [0.15, 0.2) is 0 Å². The van der Waals surface area contributed by atoms with Gasteiger partial charge < -0.3 is 20.5 Å². The van der Waals surface area contributed by atoms with Gasteiger partial charge in [0.05, 0.1) is 6.04 Å². The molecular formula is C14H27ClN2O3S. The van der Waals surface area contributed by atoms with Gasteiger partial charge in [-0.3, -0.25) is 4.79 Å². The van der Waals surface area contributed by atoms with Crippen LogP contribution in [0, 0.1) is 5.92 Å². The highest BCUT2D eigenvalue weighted by atomic mass is 35.5. The van der Waals surface area contributed by atoms with Crippen molar-refractivity contribution in [1.29, 1.82) is 0 Å². The topological polar surface area (TPSA) is 73.6 Å². The smallest absolute Gasteiger partial charge is 0.237 e. The summed E-state index contributed by atoms with van der Waals surface area (Å²) in [5.74, 6) is 0.237. The molecule has 0 aromatic heterocycles. The number of nitrogens with two attached hydrogens (primary N) is 1. The SMILES string of the molecule is CSC1(CNC(=O)C(N)C2CCOCC2)CCOCC1.Cl. The molecule has 7 heteroatoms. The van der Waals surface area contributed by atoms with Crippen molar-refractivity contribution in [3.63, 3.8) is 0 Å². The first-order chi connectivity index (χ1) is 9.67. The van der Waals surface area contributed by atoms with Crippen molar-refractivity contribution in [1.82, 2.24) is 5.32 Å². The lowest BCUT2D eigenvalue weighted by Gasteiger charge is -2.36. The summed E-state index contributed by atoms with van der Waals surface area (Å²) < 4.78 is 10.8. The molecule has 0 aromatic carbocycles. The lowest BCUT2D eigenvalue weighted by molar-refractivity contribution is -0.124. The highest BCUT2D eigenvalue weighted by Gasteiger charge is 2.33. The van der Waals surface area contributed by atoms with E-state index in [1.54, 1.807) is 0 Å². The molecule has 2 fully saturated rings. The van der Waals surface area contributed by atoms with E-state index >= 15 is 0 Å². The second kappa shape index (κ2) is 9.20. The molecule has 0 radical (unpaired) electrons. The Hall–Kier alpha value is -0.0100. The van der Waals surface area contributed by atoms with Gasteiger partial charge in [0.1, 0.15) is 0 Å². The van der Waals surface area contributed by atoms with E-state index in [0.29, 0.717) is 6.54 Å². The number of rotatable bonds is 5. The van der Waals surface area contributed by atoms with Gasteiger partial charge >= 0.3 is 0 Å². The van der Waals surface area contributed by atoms with Crippen LogP contribution >= 0.6 is 24.2 Å². The van der Waals surface area contributed by atoms with E-state index < -0.39 is 6.04 Å². The summed E-state index contributed by atoms with van der Waals surface area (Å²) in [6, 6.07) is -0.405. The van der Waals surface area contributed by atoms with E-state index in [0.717, 1.165) is 52.1 Å². The lowest BCUT2D eigenvalue weighted by atomic mass is 9.91. The maximum Gasteiger partial charge on any atom is 0.237 e. The maximum absolute atomic E-state index is 12.2. The van der Waals surface area contributed by atoms with Crippen LogP contribution in [0.3, 0.4) is 0 Å². The number of hydrogen-bond donors (Lipinski definition) is 2. The molecular weight excluding hydrogens is 312 g/mol. The summed E-state index contributed by atoms with van der Waals surface area (Å²) in [5, 5.41) is 3.06. The summed E-state index contributed by atoms with van der Waals surface area (Å²) in [6.45, 7) is 3.69. The molecule has 0 spiro atoms. The number of nitrogens with one attached hydrogen (secondary N) is 1. The van der Waals surface area contributed by atoms with Crippen molar-refractivity contribution in [2.75, 3.05) is 39.2 Å². The van der Waals surface area contributed by atoms with Crippen LogP contribution in [0.1, 0.15) is 25.7 Å². The van der Waals surface area contributed by atoms with Crippen LogP contribution in [0.4, 0.5) is 0 Å². The predicted molar refractivity (Wildman–Crippen MR) is 88.1 cm³/mol. The minimum absolute atomic E-state index is 0. The normalized spacial score (nSPS) is 23.9. The third kappa shape index (κ3) is 5.28. The highest BCUT2D eigenvalue weighted by molar-refractivity contribution is 8.00. The molecule has 2 saturated heterocycles. The molecule has 2 heterocycles. The Morgan fingerprint density at radius 3 is 2.43 bits per heavy atom. The Bertz CT molecular complexity index is 321. The summed E-state index contributed by atoms with van der Waals surface area (Å²) in [5.41, 5.74) is 6.09. The Balaban J connectivity index is 0.00000220. The van der Waals surface area contributed by atoms with Crippen LogP contribution in [0.15, 0.2) is 0 Å². The van der Waals surface area contributed by atoms with Gasteiger partial charge in [-0.2, -0.15) is 11.8 Å². The molecule has 1 unspecified atom stereocenters. The van der Waals surface area contributed by atoms with Crippen molar-refractivity contribution < 1.29 is 14.3 Å². The molecule has 0 saturated carbocycles. The largest absolute Gasteiger partial charge is 0.381 e. The molecule has 2 aliphatic heterocycles. The molecule has 0 aromatic rings. The Morgan fingerprint density at radius 2 is 1.86 bits per heavy atom. The molecule has 124 valence electrons. The fourth-order valence-corrected chi connectivity index (χ4v) is 3.64. The number of thioether (sulfide) groups is 1. The minimum Gasteiger partial charge on any atom is -0.381 e. The molecule has 1 amide bonds. The van der Waals surface area contributed by atoms with Gasteiger partial charge in [0.25, 0.3) is 0 Å². The van der Waals surface area contributed by atoms with E-state index in [1.807, 2.05) is 11.8 Å². The van der Waals surface area contributed by atoms with Crippen LogP contribution in [-0.2, 0) is 14.3 Å². The van der Waals surface area contributed by atoms with Crippen LogP contribution in [0.5, 0.6) is 0 Å². The zero-order valence-corrected chi connectivity index (χ0v) is 14.3. The van der Waals surface area contributed by atoms with E-state index in [4.69, 9.17) is 15.2 Å². The number of carbonyl (C=O) groups excluding carboxylic acids is 1. The molecule has 0 bridgehead atoms. The molecule has 2 aliphatic rings. The van der Waals surface area contributed by atoms with E-state index in [-0.39, 0.29) is 29.0 Å². The molecule has 2 rings (SSSR count). The second-order valence-corrected chi connectivity index (χ2v) is 6.97. The van der Waals surface area contributed by atoms with Crippen molar-refractivity contribution in [2.24, 2.45) is 11.7 Å². The fraction of sp³-hybridized carbons (Fsp3) is 0.929. The molecule has 5 nitrogen and oxygen atoms in total. The summed E-state index contributed by atoms with van der Waals surface area (Å²) >= 11 is 1.83. The number of halogens is 1. The van der Waals surface area contributed by atoms with Gasteiger partial charge in [-0.15, -0.1) is 12.4 Å². The van der Waals surface area contributed by atoms with Gasteiger partial charge in [-0.25, -0.2) is 0 Å². The average molecular weight is 339 g/mol.